The number of carbonyl (C=O) groups is 1. The Balaban J connectivity index is 1.60. The van der Waals surface area contributed by atoms with E-state index in [1.54, 1.807) is 37.0 Å². The summed E-state index contributed by atoms with van der Waals surface area (Å²) in [5.74, 6) is 0.0810. The molecule has 6 rings (SSSR count). The summed E-state index contributed by atoms with van der Waals surface area (Å²) in [6.07, 6.45) is 3.17. The van der Waals surface area contributed by atoms with Crippen molar-refractivity contribution in [2.45, 2.75) is 38.0 Å². The molecule has 1 fully saturated rings. The van der Waals surface area contributed by atoms with E-state index in [2.05, 4.69) is 36.3 Å². The summed E-state index contributed by atoms with van der Waals surface area (Å²) in [5, 5.41) is 22.3. The van der Waals surface area contributed by atoms with E-state index in [1.807, 2.05) is 0 Å². The van der Waals surface area contributed by atoms with Crippen LogP contribution in [0.15, 0.2) is 24.4 Å². The summed E-state index contributed by atoms with van der Waals surface area (Å²) < 4.78 is 26.6. The van der Waals surface area contributed by atoms with Gasteiger partial charge in [-0.2, -0.15) is 0 Å². The van der Waals surface area contributed by atoms with Crippen molar-refractivity contribution in [3.05, 3.63) is 35.7 Å². The Kier molecular flexibility index (Phi) is 3.78. The van der Waals surface area contributed by atoms with Crippen LogP contribution in [0.2, 0.25) is 0 Å². The number of hydrogen-bond acceptors (Lipinski definition) is 8. The highest BCUT2D eigenvalue weighted by Crippen LogP contribution is 2.30. The summed E-state index contributed by atoms with van der Waals surface area (Å²) in [6.45, 7) is -2.10. The molecule has 3 aromatic heterocycles. The van der Waals surface area contributed by atoms with E-state index in [0.29, 0.717) is 52.3 Å². The van der Waals surface area contributed by atoms with Crippen molar-refractivity contribution in [3.8, 4) is 0 Å². The molecule has 1 aliphatic carbocycles. The lowest BCUT2D eigenvalue weighted by atomic mass is 10.1. The Morgan fingerprint density at radius 2 is 2.22 bits per heavy atom. The van der Waals surface area contributed by atoms with E-state index in [-0.39, 0.29) is 17.6 Å². The minimum Gasteiger partial charge on any atom is -0.385 e. The average Bonchev–Trinajstić information content (AvgIpc) is 3.52. The van der Waals surface area contributed by atoms with Crippen molar-refractivity contribution >= 4 is 39.8 Å². The van der Waals surface area contributed by atoms with Crippen molar-refractivity contribution in [3.63, 3.8) is 0 Å². The molecule has 1 saturated carbocycles. The maximum absolute atomic E-state index is 13.2. The van der Waals surface area contributed by atoms with Gasteiger partial charge < -0.3 is 20.7 Å². The number of nitrogens with one attached hydrogen (secondary N) is 3. The van der Waals surface area contributed by atoms with Gasteiger partial charge in [0.15, 0.2) is 17.2 Å². The van der Waals surface area contributed by atoms with Crippen LogP contribution in [0.4, 0.5) is 17.2 Å². The van der Waals surface area contributed by atoms with Crippen LogP contribution >= 0.6 is 0 Å². The highest BCUT2D eigenvalue weighted by atomic mass is 16.5. The quantitative estimate of drug-likeness (QED) is 0.415. The van der Waals surface area contributed by atoms with Gasteiger partial charge in [-0.3, -0.25) is 4.79 Å². The Hall–Kier alpha value is -3.73. The van der Waals surface area contributed by atoms with Gasteiger partial charge in [-0.1, -0.05) is 5.21 Å². The van der Waals surface area contributed by atoms with E-state index in [4.69, 9.17) is 7.48 Å². The first kappa shape index (κ1) is 16.9. The van der Waals surface area contributed by atoms with Gasteiger partial charge in [0, 0.05) is 20.2 Å². The SMILES string of the molecule is [2H]C1([2H])O[C@H]2CCC[C@H]2NC(=O)c2cnc3c(NC)cc(nn23)Nc2cc1cc1c2nnn1C. The second-order valence-electron chi connectivity index (χ2n) is 8.07. The third kappa shape index (κ3) is 2.96. The van der Waals surface area contributed by atoms with E-state index >= 15 is 0 Å². The molecule has 164 valence electrons. The number of rotatable bonds is 1. The number of aryl methyl sites for hydroxylation is 1. The molecule has 0 unspecified atom stereocenters. The molecule has 0 saturated heterocycles. The molecule has 1 amide bonds. The van der Waals surface area contributed by atoms with Crippen LogP contribution in [0.1, 0.15) is 38.1 Å². The third-order valence-corrected chi connectivity index (χ3v) is 6.05. The minimum absolute atomic E-state index is 0.277. The van der Waals surface area contributed by atoms with Crippen LogP contribution in [-0.4, -0.2) is 54.7 Å². The summed E-state index contributed by atoms with van der Waals surface area (Å²) >= 11 is 0. The van der Waals surface area contributed by atoms with E-state index in [0.717, 1.165) is 6.42 Å². The second-order valence-corrected chi connectivity index (χ2v) is 8.07. The number of imidazole rings is 1. The number of benzene rings is 1. The first-order valence-corrected chi connectivity index (χ1v) is 10.5. The highest BCUT2D eigenvalue weighted by molar-refractivity contribution is 5.94. The van der Waals surface area contributed by atoms with Crippen LogP contribution < -0.4 is 16.0 Å². The summed E-state index contributed by atoms with van der Waals surface area (Å²) in [7, 11) is 3.52. The molecule has 11 nitrogen and oxygen atoms in total. The van der Waals surface area contributed by atoms with Crippen molar-refractivity contribution in [1.82, 2.24) is 34.9 Å². The monoisotopic (exact) mass is 435 g/mol. The van der Waals surface area contributed by atoms with Crippen LogP contribution in [0.3, 0.4) is 0 Å². The van der Waals surface area contributed by atoms with Gasteiger partial charge in [-0.25, -0.2) is 14.2 Å². The fourth-order valence-electron chi connectivity index (χ4n) is 4.41. The lowest BCUT2D eigenvalue weighted by molar-refractivity contribution is 0.0271. The minimum atomic E-state index is -2.10. The van der Waals surface area contributed by atoms with Gasteiger partial charge in [0.1, 0.15) is 5.52 Å². The van der Waals surface area contributed by atoms with E-state index in [9.17, 15) is 4.79 Å². The predicted octanol–water partition coefficient (Wildman–Crippen LogP) is 1.98. The molecule has 11 heteroatoms. The molecule has 3 N–H and O–H groups in total. The molecule has 2 atom stereocenters. The molecule has 1 aliphatic heterocycles. The van der Waals surface area contributed by atoms with Gasteiger partial charge in [0.05, 0.1) is 44.5 Å². The van der Waals surface area contributed by atoms with Crippen LogP contribution in [0, 0.1) is 0 Å². The van der Waals surface area contributed by atoms with E-state index in [1.165, 1.54) is 10.7 Å². The molecular weight excluding hydrogens is 410 g/mol. The number of aromatic nitrogens is 6. The lowest BCUT2D eigenvalue weighted by Crippen LogP contribution is -2.41. The maximum atomic E-state index is 13.2. The topological polar surface area (TPSA) is 123 Å². The number of fused-ring (bicyclic) bond motifs is 6. The van der Waals surface area contributed by atoms with Crippen molar-refractivity contribution < 1.29 is 12.3 Å². The van der Waals surface area contributed by atoms with Gasteiger partial charge in [-0.05, 0) is 37.0 Å². The van der Waals surface area contributed by atoms with Crippen LogP contribution in [-0.2, 0) is 18.3 Å². The third-order valence-electron chi connectivity index (χ3n) is 6.05. The van der Waals surface area contributed by atoms with Crippen molar-refractivity contribution in [2.24, 2.45) is 7.05 Å². The molecule has 1 aromatic carbocycles. The lowest BCUT2D eigenvalue weighted by Gasteiger charge is -2.22. The fraction of sp³-hybridized carbons (Fsp3) is 0.381. The smallest absolute Gasteiger partial charge is 0.271 e. The van der Waals surface area contributed by atoms with Crippen LogP contribution in [0.5, 0.6) is 0 Å². The molecule has 2 aliphatic rings. The zero-order valence-electron chi connectivity index (χ0n) is 19.6. The molecular formula is C21H23N9O2. The number of carbonyl (C=O) groups excluding carboxylic acids is 1. The second kappa shape index (κ2) is 7.16. The Morgan fingerprint density at radius 1 is 1.31 bits per heavy atom. The summed E-state index contributed by atoms with van der Waals surface area (Å²) in [4.78, 5) is 17.6. The predicted molar refractivity (Wildman–Crippen MR) is 118 cm³/mol. The maximum Gasteiger partial charge on any atom is 0.271 e. The Labute approximate surface area is 185 Å². The largest absolute Gasteiger partial charge is 0.385 e. The average molecular weight is 435 g/mol. The number of anilines is 3. The number of ether oxygens (including phenoxy) is 1. The number of hydrogen-bond donors (Lipinski definition) is 3. The van der Waals surface area contributed by atoms with Crippen molar-refractivity contribution in [2.75, 3.05) is 17.7 Å². The van der Waals surface area contributed by atoms with E-state index < -0.39 is 12.7 Å². The Bertz CT molecular complexity index is 1450. The van der Waals surface area contributed by atoms with Gasteiger partial charge in [-0.15, -0.1) is 10.2 Å². The van der Waals surface area contributed by atoms with Gasteiger partial charge in [0.2, 0.25) is 0 Å². The normalized spacial score (nSPS) is 23.2. The van der Waals surface area contributed by atoms with Gasteiger partial charge in [0.25, 0.3) is 5.91 Å². The summed E-state index contributed by atoms with van der Waals surface area (Å²) in [5.41, 5.74) is 3.51. The number of amides is 1. The molecule has 4 bridgehead atoms. The zero-order chi connectivity index (χ0) is 23.6. The highest BCUT2D eigenvalue weighted by Gasteiger charge is 2.31. The first-order valence-electron chi connectivity index (χ1n) is 11.5. The molecule has 0 radical (unpaired) electrons. The van der Waals surface area contributed by atoms with Crippen molar-refractivity contribution in [1.29, 1.82) is 0 Å². The molecule has 4 aromatic rings. The zero-order valence-corrected chi connectivity index (χ0v) is 17.6. The van der Waals surface area contributed by atoms with Crippen LogP contribution in [0.25, 0.3) is 16.7 Å². The Morgan fingerprint density at radius 3 is 3.09 bits per heavy atom. The number of nitrogens with zero attached hydrogens (tertiary/aromatic N) is 6. The standard InChI is InChI=1S/C21H23N9O2/c1-22-14-8-18-24-13-6-11(7-15-19(13)26-28-29(15)2)10-32-17-5-3-4-12(17)25-21(31)16-9-23-20(14)30(16)27-18/h6-9,12,17,22H,3-5,10H2,1-2H3,(H,24,27)(H,25,31)/t12-,17+/m1/s1/i10D2. The first-order chi connectivity index (χ1) is 16.3. The molecule has 4 heterocycles. The molecule has 0 spiro atoms. The van der Waals surface area contributed by atoms with Gasteiger partial charge >= 0.3 is 0 Å². The molecule has 32 heavy (non-hydrogen) atoms. The fourth-order valence-corrected chi connectivity index (χ4v) is 4.41. The summed E-state index contributed by atoms with van der Waals surface area (Å²) in [6, 6.07) is 4.80.